The molecule has 33 heavy (non-hydrogen) atoms. The minimum Gasteiger partial charge on any atom is -0.497 e. The van der Waals surface area contributed by atoms with Crippen molar-refractivity contribution >= 4 is 17.5 Å². The Bertz CT molecular complexity index is 862. The Morgan fingerprint density at radius 1 is 0.939 bits per heavy atom. The molecular formula is C23H32N4O6. The lowest BCUT2D eigenvalue weighted by Gasteiger charge is -2.39. The van der Waals surface area contributed by atoms with Crippen molar-refractivity contribution < 1.29 is 28.2 Å². The number of amides is 2. The number of carbonyl (C=O) groups excluding carboxylic acids is 2. The topological polar surface area (TPSA) is 106 Å². The molecular weight excluding hydrogens is 428 g/mol. The van der Waals surface area contributed by atoms with Gasteiger partial charge in [-0.15, -0.1) is 0 Å². The van der Waals surface area contributed by atoms with Crippen molar-refractivity contribution in [3.63, 3.8) is 0 Å². The van der Waals surface area contributed by atoms with E-state index >= 15 is 0 Å². The molecule has 3 rings (SSSR count). The highest BCUT2D eigenvalue weighted by atomic mass is 16.7. The second-order valence-electron chi connectivity index (χ2n) is 7.57. The van der Waals surface area contributed by atoms with Crippen molar-refractivity contribution in [3.8, 4) is 5.75 Å². The number of nitrogens with zero attached hydrogens (tertiary/aromatic N) is 2. The molecule has 0 unspecified atom stereocenters. The first-order valence-electron chi connectivity index (χ1n) is 10.8. The first-order chi connectivity index (χ1) is 16.0. The van der Waals surface area contributed by atoms with Crippen molar-refractivity contribution in [1.82, 2.24) is 15.5 Å². The van der Waals surface area contributed by atoms with E-state index in [4.69, 9.17) is 18.6 Å². The number of methoxy groups -OCH3 is 3. The van der Waals surface area contributed by atoms with E-state index in [0.717, 1.165) is 43.4 Å². The van der Waals surface area contributed by atoms with E-state index in [2.05, 4.69) is 32.6 Å². The molecule has 0 radical (unpaired) electrons. The van der Waals surface area contributed by atoms with Crippen LogP contribution in [0.15, 0.2) is 47.1 Å². The molecule has 1 aliphatic rings. The zero-order chi connectivity index (χ0) is 23.6. The quantitative estimate of drug-likeness (QED) is 0.400. The van der Waals surface area contributed by atoms with Gasteiger partial charge in [-0.1, -0.05) is 0 Å². The lowest BCUT2D eigenvalue weighted by Crippen LogP contribution is -2.51. The summed E-state index contributed by atoms with van der Waals surface area (Å²) in [4.78, 5) is 29.0. The number of piperazine rings is 1. The number of benzene rings is 1. The minimum atomic E-state index is -0.739. The maximum absolute atomic E-state index is 12.3. The number of hydrogen-bond donors (Lipinski definition) is 2. The molecule has 2 aromatic rings. The molecule has 2 heterocycles. The summed E-state index contributed by atoms with van der Waals surface area (Å²) < 4.78 is 20.9. The molecule has 10 heteroatoms. The Morgan fingerprint density at radius 3 is 2.12 bits per heavy atom. The summed E-state index contributed by atoms with van der Waals surface area (Å²) >= 11 is 0. The van der Waals surface area contributed by atoms with Crippen LogP contribution in [0, 0.1) is 0 Å². The van der Waals surface area contributed by atoms with E-state index in [-0.39, 0.29) is 19.1 Å². The molecule has 1 saturated heterocycles. The van der Waals surface area contributed by atoms with Crippen LogP contribution in [-0.4, -0.2) is 83.6 Å². The van der Waals surface area contributed by atoms with Gasteiger partial charge in [0.2, 0.25) is 0 Å². The van der Waals surface area contributed by atoms with Gasteiger partial charge in [-0.05, 0) is 36.4 Å². The molecule has 0 saturated carbocycles. The van der Waals surface area contributed by atoms with Gasteiger partial charge in [0.25, 0.3) is 0 Å². The van der Waals surface area contributed by atoms with Crippen molar-refractivity contribution in [2.75, 3.05) is 65.5 Å². The van der Waals surface area contributed by atoms with E-state index in [0.29, 0.717) is 0 Å². The normalized spacial score (nSPS) is 15.3. The standard InChI is InChI=1S/C23H32N4O6/c1-30-18-8-6-17(7-9-18)26-10-12-27(13-11-26)19(20-5-4-14-33-20)15-24-22(28)23(29)25-16-21(31-2)32-3/h4-9,14,19,21H,10-13,15-16H2,1-3H3,(H,24,28)(H,25,29)/t19-/m0/s1. The van der Waals surface area contributed by atoms with Crippen LogP contribution >= 0.6 is 0 Å². The molecule has 1 atom stereocenters. The minimum absolute atomic E-state index is 0.0776. The van der Waals surface area contributed by atoms with Crippen LogP contribution in [0.1, 0.15) is 11.8 Å². The monoisotopic (exact) mass is 460 g/mol. The van der Waals surface area contributed by atoms with Gasteiger partial charge in [0, 0.05) is 52.6 Å². The number of anilines is 1. The highest BCUT2D eigenvalue weighted by Crippen LogP contribution is 2.25. The second-order valence-corrected chi connectivity index (χ2v) is 7.57. The number of nitrogens with one attached hydrogen (secondary N) is 2. The molecule has 0 aliphatic carbocycles. The highest BCUT2D eigenvalue weighted by Gasteiger charge is 2.28. The van der Waals surface area contributed by atoms with Crippen LogP contribution in [-0.2, 0) is 19.1 Å². The summed E-state index contributed by atoms with van der Waals surface area (Å²) in [6.45, 7) is 3.54. The van der Waals surface area contributed by atoms with Gasteiger partial charge in [0.15, 0.2) is 6.29 Å². The van der Waals surface area contributed by atoms with Gasteiger partial charge < -0.3 is 34.2 Å². The number of furan rings is 1. The van der Waals surface area contributed by atoms with E-state index in [1.54, 1.807) is 13.4 Å². The van der Waals surface area contributed by atoms with Gasteiger partial charge in [-0.25, -0.2) is 0 Å². The molecule has 1 aromatic carbocycles. The summed E-state index contributed by atoms with van der Waals surface area (Å²) in [5.74, 6) is 0.119. The highest BCUT2D eigenvalue weighted by molar-refractivity contribution is 6.35. The Balaban J connectivity index is 1.55. The number of hydrogen-bond acceptors (Lipinski definition) is 8. The third-order valence-electron chi connectivity index (χ3n) is 5.68. The first kappa shape index (κ1) is 24.6. The van der Waals surface area contributed by atoms with Gasteiger partial charge >= 0.3 is 11.8 Å². The molecule has 0 bridgehead atoms. The number of ether oxygens (including phenoxy) is 3. The van der Waals surface area contributed by atoms with Crippen LogP contribution in [0.2, 0.25) is 0 Å². The third-order valence-corrected chi connectivity index (χ3v) is 5.68. The molecule has 0 spiro atoms. The van der Waals surface area contributed by atoms with Gasteiger partial charge in [0.05, 0.1) is 26.0 Å². The van der Waals surface area contributed by atoms with Gasteiger partial charge in [-0.2, -0.15) is 0 Å². The van der Waals surface area contributed by atoms with Crippen molar-refractivity contribution in [1.29, 1.82) is 0 Å². The predicted octanol–water partition coefficient (Wildman–Crippen LogP) is 1.00. The number of carbonyl (C=O) groups is 2. The fourth-order valence-corrected chi connectivity index (χ4v) is 3.76. The molecule has 10 nitrogen and oxygen atoms in total. The summed E-state index contributed by atoms with van der Waals surface area (Å²) in [5.41, 5.74) is 1.14. The summed E-state index contributed by atoms with van der Waals surface area (Å²) in [6.07, 6.45) is 1.000. The summed E-state index contributed by atoms with van der Waals surface area (Å²) in [6, 6.07) is 11.5. The Hall–Kier alpha value is -3.08. The van der Waals surface area contributed by atoms with Gasteiger partial charge in [-0.3, -0.25) is 14.5 Å². The Kier molecular flexibility index (Phi) is 9.11. The maximum Gasteiger partial charge on any atom is 0.309 e. The Morgan fingerprint density at radius 2 is 1.58 bits per heavy atom. The third kappa shape index (κ3) is 6.70. The van der Waals surface area contributed by atoms with Crippen LogP contribution in [0.25, 0.3) is 0 Å². The SMILES string of the molecule is COc1ccc(N2CCN([C@@H](CNC(=O)C(=O)NCC(OC)OC)c3ccco3)CC2)cc1. The largest absolute Gasteiger partial charge is 0.497 e. The van der Waals surface area contributed by atoms with Gasteiger partial charge in [0.1, 0.15) is 11.5 Å². The fourth-order valence-electron chi connectivity index (χ4n) is 3.76. The van der Waals surface area contributed by atoms with Crippen LogP contribution in [0.3, 0.4) is 0 Å². The first-order valence-corrected chi connectivity index (χ1v) is 10.8. The number of rotatable bonds is 10. The molecule has 1 aromatic heterocycles. The van der Waals surface area contributed by atoms with Crippen molar-refractivity contribution in [2.45, 2.75) is 12.3 Å². The average Bonchev–Trinajstić information content (AvgIpc) is 3.39. The van der Waals surface area contributed by atoms with E-state index in [1.165, 1.54) is 14.2 Å². The summed E-state index contributed by atoms with van der Waals surface area (Å²) in [5, 5.41) is 5.22. The fraction of sp³-hybridized carbons (Fsp3) is 0.478. The predicted molar refractivity (Wildman–Crippen MR) is 122 cm³/mol. The summed E-state index contributed by atoms with van der Waals surface area (Å²) in [7, 11) is 4.58. The molecule has 1 fully saturated rings. The van der Waals surface area contributed by atoms with E-state index < -0.39 is 18.1 Å². The lowest BCUT2D eigenvalue weighted by atomic mass is 10.1. The zero-order valence-corrected chi connectivity index (χ0v) is 19.3. The zero-order valence-electron chi connectivity index (χ0n) is 19.3. The Labute approximate surface area is 193 Å². The smallest absolute Gasteiger partial charge is 0.309 e. The van der Waals surface area contributed by atoms with E-state index in [9.17, 15) is 9.59 Å². The van der Waals surface area contributed by atoms with Crippen molar-refractivity contribution in [3.05, 3.63) is 48.4 Å². The molecule has 180 valence electrons. The van der Waals surface area contributed by atoms with Crippen LogP contribution < -0.4 is 20.3 Å². The average molecular weight is 461 g/mol. The lowest BCUT2D eigenvalue weighted by molar-refractivity contribution is -0.141. The van der Waals surface area contributed by atoms with Crippen molar-refractivity contribution in [2.24, 2.45) is 0 Å². The molecule has 1 aliphatic heterocycles. The molecule has 2 N–H and O–H groups in total. The van der Waals surface area contributed by atoms with Crippen LogP contribution in [0.4, 0.5) is 5.69 Å². The van der Waals surface area contributed by atoms with E-state index in [1.807, 2.05) is 24.3 Å². The maximum atomic E-state index is 12.3. The second kappa shape index (κ2) is 12.2. The molecule has 2 amide bonds. The van der Waals surface area contributed by atoms with Crippen LogP contribution in [0.5, 0.6) is 5.75 Å².